The van der Waals surface area contributed by atoms with E-state index in [0.717, 1.165) is 13.1 Å². The molecule has 0 bridgehead atoms. The van der Waals surface area contributed by atoms with Gasteiger partial charge in [0, 0.05) is 19.1 Å². The second-order valence-corrected chi connectivity index (χ2v) is 6.93. The lowest BCUT2D eigenvalue weighted by molar-refractivity contribution is -0.138. The monoisotopic (exact) mass is 280 g/mol. The standard InChI is InChI=1S/C16H28N2O2/c1-17-14-12-20-11-13(14)15(19)18-9-7-16(8-10-18)5-3-2-4-6-16/h13-14,17H,2-12H2,1H3. The smallest absolute Gasteiger partial charge is 0.229 e. The van der Waals surface area contributed by atoms with Crippen LogP contribution in [0, 0.1) is 11.3 Å². The van der Waals surface area contributed by atoms with Crippen molar-refractivity contribution in [2.45, 2.75) is 51.0 Å². The van der Waals surface area contributed by atoms with Gasteiger partial charge in [0.05, 0.1) is 19.1 Å². The predicted octanol–water partition coefficient (Wildman–Crippen LogP) is 1.79. The Morgan fingerprint density at radius 3 is 2.45 bits per heavy atom. The van der Waals surface area contributed by atoms with Crippen molar-refractivity contribution in [1.82, 2.24) is 10.2 Å². The van der Waals surface area contributed by atoms with Gasteiger partial charge in [0.25, 0.3) is 0 Å². The van der Waals surface area contributed by atoms with E-state index in [2.05, 4.69) is 10.2 Å². The molecular formula is C16H28N2O2. The SMILES string of the molecule is CNC1COCC1C(=O)N1CCC2(CCCCC2)CC1. The molecule has 3 fully saturated rings. The van der Waals surface area contributed by atoms with E-state index in [9.17, 15) is 4.79 Å². The summed E-state index contributed by atoms with van der Waals surface area (Å²) in [6, 6.07) is 0.202. The summed E-state index contributed by atoms with van der Waals surface area (Å²) in [4.78, 5) is 14.7. The van der Waals surface area contributed by atoms with Crippen LogP contribution in [0.3, 0.4) is 0 Å². The van der Waals surface area contributed by atoms with Crippen LogP contribution in [0.15, 0.2) is 0 Å². The van der Waals surface area contributed by atoms with Crippen LogP contribution >= 0.6 is 0 Å². The molecule has 2 atom stereocenters. The van der Waals surface area contributed by atoms with Gasteiger partial charge in [-0.05, 0) is 38.1 Å². The van der Waals surface area contributed by atoms with Gasteiger partial charge in [-0.1, -0.05) is 19.3 Å². The number of hydrogen-bond acceptors (Lipinski definition) is 3. The fourth-order valence-electron chi connectivity index (χ4n) is 4.32. The van der Waals surface area contributed by atoms with Gasteiger partial charge in [0.15, 0.2) is 0 Å². The molecule has 3 aliphatic rings. The van der Waals surface area contributed by atoms with Crippen molar-refractivity contribution in [3.63, 3.8) is 0 Å². The maximum atomic E-state index is 12.6. The van der Waals surface area contributed by atoms with Crippen molar-refractivity contribution in [3.05, 3.63) is 0 Å². The minimum atomic E-state index is 0.0282. The summed E-state index contributed by atoms with van der Waals surface area (Å²) < 4.78 is 5.47. The van der Waals surface area contributed by atoms with Crippen LogP contribution in [-0.2, 0) is 9.53 Å². The molecule has 114 valence electrons. The average molecular weight is 280 g/mol. The van der Waals surface area contributed by atoms with Crippen LogP contribution in [0.5, 0.6) is 0 Å². The quantitative estimate of drug-likeness (QED) is 0.838. The van der Waals surface area contributed by atoms with Gasteiger partial charge >= 0.3 is 0 Å². The first-order valence-electron chi connectivity index (χ1n) is 8.28. The first kappa shape index (κ1) is 14.3. The lowest BCUT2D eigenvalue weighted by Gasteiger charge is -2.45. The van der Waals surface area contributed by atoms with Crippen molar-refractivity contribution >= 4 is 5.91 Å². The zero-order chi connectivity index (χ0) is 14.0. The van der Waals surface area contributed by atoms with Crippen molar-refractivity contribution < 1.29 is 9.53 Å². The fourth-order valence-corrected chi connectivity index (χ4v) is 4.32. The van der Waals surface area contributed by atoms with Gasteiger partial charge in [-0.3, -0.25) is 4.79 Å². The topological polar surface area (TPSA) is 41.6 Å². The molecule has 4 nitrogen and oxygen atoms in total. The number of amides is 1. The highest BCUT2D eigenvalue weighted by Crippen LogP contribution is 2.44. The maximum absolute atomic E-state index is 12.6. The molecule has 2 saturated heterocycles. The number of carbonyl (C=O) groups is 1. The van der Waals surface area contributed by atoms with Crippen molar-refractivity contribution in [3.8, 4) is 0 Å². The summed E-state index contributed by atoms with van der Waals surface area (Å²) in [5, 5.41) is 3.22. The summed E-state index contributed by atoms with van der Waals surface area (Å²) in [6.45, 7) is 3.19. The maximum Gasteiger partial charge on any atom is 0.229 e. The van der Waals surface area contributed by atoms with E-state index in [1.165, 1.54) is 44.9 Å². The molecule has 1 N–H and O–H groups in total. The molecule has 1 saturated carbocycles. The Bertz CT molecular complexity index is 342. The normalized spacial score (nSPS) is 33.5. The van der Waals surface area contributed by atoms with Crippen molar-refractivity contribution in [1.29, 1.82) is 0 Å². The van der Waals surface area contributed by atoms with Crippen molar-refractivity contribution in [2.75, 3.05) is 33.4 Å². The molecule has 3 rings (SSSR count). The summed E-state index contributed by atoms with van der Waals surface area (Å²) >= 11 is 0. The summed E-state index contributed by atoms with van der Waals surface area (Å²) in [5.41, 5.74) is 0.573. The minimum Gasteiger partial charge on any atom is -0.379 e. The molecule has 1 spiro atoms. The van der Waals surface area contributed by atoms with Crippen LogP contribution in [0.25, 0.3) is 0 Å². The van der Waals surface area contributed by atoms with E-state index in [-0.39, 0.29) is 12.0 Å². The highest BCUT2D eigenvalue weighted by molar-refractivity contribution is 5.80. The Balaban J connectivity index is 1.56. The van der Waals surface area contributed by atoms with Gasteiger partial charge < -0.3 is 15.0 Å². The van der Waals surface area contributed by atoms with E-state index >= 15 is 0 Å². The number of likely N-dealkylation sites (tertiary alicyclic amines) is 1. The zero-order valence-corrected chi connectivity index (χ0v) is 12.7. The molecule has 2 aliphatic heterocycles. The Morgan fingerprint density at radius 1 is 1.10 bits per heavy atom. The molecule has 1 aliphatic carbocycles. The van der Waals surface area contributed by atoms with Gasteiger partial charge in [-0.25, -0.2) is 0 Å². The van der Waals surface area contributed by atoms with Gasteiger partial charge in [0.2, 0.25) is 5.91 Å². The third-order valence-electron chi connectivity index (χ3n) is 5.82. The van der Waals surface area contributed by atoms with Crippen LogP contribution in [0.1, 0.15) is 44.9 Å². The predicted molar refractivity (Wildman–Crippen MR) is 78.5 cm³/mol. The number of likely N-dealkylation sites (N-methyl/N-ethyl adjacent to an activating group) is 1. The molecule has 0 aromatic rings. The number of rotatable bonds is 2. The second kappa shape index (κ2) is 6.02. The lowest BCUT2D eigenvalue weighted by Crippen LogP contribution is -2.49. The summed E-state index contributed by atoms with van der Waals surface area (Å²) in [7, 11) is 1.92. The van der Waals surface area contributed by atoms with Gasteiger partial charge in [-0.15, -0.1) is 0 Å². The Kier molecular flexibility index (Phi) is 4.32. The van der Waals surface area contributed by atoms with E-state index in [4.69, 9.17) is 4.74 Å². The largest absolute Gasteiger partial charge is 0.379 e. The first-order chi connectivity index (χ1) is 9.74. The van der Waals surface area contributed by atoms with E-state index in [1.54, 1.807) is 0 Å². The first-order valence-corrected chi connectivity index (χ1v) is 8.28. The molecule has 2 heterocycles. The molecule has 4 heteroatoms. The van der Waals surface area contributed by atoms with Crippen molar-refractivity contribution in [2.24, 2.45) is 11.3 Å². The Hall–Kier alpha value is -0.610. The fraction of sp³-hybridized carbons (Fsp3) is 0.938. The van der Waals surface area contributed by atoms with Gasteiger partial charge in [-0.2, -0.15) is 0 Å². The molecule has 0 aromatic heterocycles. The third kappa shape index (κ3) is 2.73. The second-order valence-electron chi connectivity index (χ2n) is 6.93. The van der Waals surface area contributed by atoms with Crippen LogP contribution in [0.4, 0.5) is 0 Å². The molecular weight excluding hydrogens is 252 g/mol. The zero-order valence-electron chi connectivity index (χ0n) is 12.7. The average Bonchev–Trinajstić information content (AvgIpc) is 2.97. The minimum absolute atomic E-state index is 0.0282. The number of ether oxygens (including phenoxy) is 1. The molecule has 0 aromatic carbocycles. The van der Waals surface area contributed by atoms with Crippen LogP contribution in [-0.4, -0.2) is 50.2 Å². The number of hydrogen-bond donors (Lipinski definition) is 1. The van der Waals surface area contributed by atoms with E-state index < -0.39 is 0 Å². The van der Waals surface area contributed by atoms with Crippen LogP contribution in [0.2, 0.25) is 0 Å². The number of piperidine rings is 1. The highest BCUT2D eigenvalue weighted by atomic mass is 16.5. The Labute approximate surface area is 122 Å². The lowest BCUT2D eigenvalue weighted by atomic mass is 9.68. The number of carbonyl (C=O) groups excluding carboxylic acids is 1. The molecule has 0 radical (unpaired) electrons. The van der Waals surface area contributed by atoms with Gasteiger partial charge in [0.1, 0.15) is 0 Å². The third-order valence-corrected chi connectivity index (χ3v) is 5.82. The van der Waals surface area contributed by atoms with E-state index in [0.29, 0.717) is 24.5 Å². The molecule has 2 unspecified atom stereocenters. The number of nitrogens with zero attached hydrogens (tertiary/aromatic N) is 1. The number of nitrogens with one attached hydrogen (secondary N) is 1. The van der Waals surface area contributed by atoms with Crippen LogP contribution < -0.4 is 5.32 Å². The summed E-state index contributed by atoms with van der Waals surface area (Å²) in [6.07, 6.45) is 9.42. The molecule has 20 heavy (non-hydrogen) atoms. The highest BCUT2D eigenvalue weighted by Gasteiger charge is 2.40. The summed E-state index contributed by atoms with van der Waals surface area (Å²) in [5.74, 6) is 0.341. The van der Waals surface area contributed by atoms with E-state index in [1.807, 2.05) is 7.05 Å². The molecule has 1 amide bonds. The Morgan fingerprint density at radius 2 is 1.80 bits per heavy atom.